The van der Waals surface area contributed by atoms with Crippen LogP contribution in [0.4, 0.5) is 5.69 Å². The first kappa shape index (κ1) is 15.2. The Morgan fingerprint density at radius 3 is 2.55 bits per heavy atom. The summed E-state index contributed by atoms with van der Waals surface area (Å²) < 4.78 is -0.238. The summed E-state index contributed by atoms with van der Waals surface area (Å²) in [6, 6.07) is 8.00. The molecule has 1 saturated heterocycles. The van der Waals surface area contributed by atoms with E-state index in [9.17, 15) is 4.79 Å². The predicted octanol–water partition coefficient (Wildman–Crippen LogP) is 3.29. The van der Waals surface area contributed by atoms with Gasteiger partial charge in [-0.2, -0.15) is 0 Å². The van der Waals surface area contributed by atoms with Crippen molar-refractivity contribution in [2.45, 2.75) is 50.9 Å². The summed E-state index contributed by atoms with van der Waals surface area (Å²) in [6.45, 7) is 6.91. The monoisotopic (exact) mass is 292 g/mol. The number of carbonyl (C=O) groups is 1. The molecule has 2 N–H and O–H groups in total. The van der Waals surface area contributed by atoms with Gasteiger partial charge in [-0.3, -0.25) is 4.79 Å². The van der Waals surface area contributed by atoms with Gasteiger partial charge in [-0.05, 0) is 57.1 Å². The summed E-state index contributed by atoms with van der Waals surface area (Å²) in [5, 5.41) is 0. The Bertz CT molecular complexity index is 464. The smallest absolute Gasteiger partial charge is 0.239 e. The lowest BCUT2D eigenvalue weighted by Gasteiger charge is -2.34. The van der Waals surface area contributed by atoms with Gasteiger partial charge in [0.25, 0.3) is 0 Å². The molecule has 0 bridgehead atoms. The summed E-state index contributed by atoms with van der Waals surface area (Å²) in [6.07, 6.45) is 2.13. The second-order valence-electron chi connectivity index (χ2n) is 5.95. The second-order valence-corrected chi connectivity index (χ2v) is 7.55. The fraction of sp³-hybridized carbons (Fsp3) is 0.562. The Labute approximate surface area is 125 Å². The van der Waals surface area contributed by atoms with Gasteiger partial charge in [0.05, 0.1) is 4.75 Å². The summed E-state index contributed by atoms with van der Waals surface area (Å²) in [7, 11) is 0. The highest BCUT2D eigenvalue weighted by Gasteiger charge is 2.40. The lowest BCUT2D eigenvalue weighted by atomic mass is 10.0. The Balaban J connectivity index is 2.14. The summed E-state index contributed by atoms with van der Waals surface area (Å²) >= 11 is 1.80. The summed E-state index contributed by atoms with van der Waals surface area (Å²) in [5.74, 6) is 1.36. The van der Waals surface area contributed by atoms with Crippen molar-refractivity contribution in [2.24, 2.45) is 0 Å². The molecule has 1 aromatic carbocycles. The first-order valence-corrected chi connectivity index (χ1v) is 8.20. The fourth-order valence-corrected chi connectivity index (χ4v) is 3.83. The number of hydrogen-bond acceptors (Lipinski definition) is 3. The topological polar surface area (TPSA) is 46.3 Å². The lowest BCUT2D eigenvalue weighted by Crippen LogP contribution is -2.46. The third-order valence-electron chi connectivity index (χ3n) is 3.89. The first-order valence-electron chi connectivity index (χ1n) is 7.22. The van der Waals surface area contributed by atoms with Crippen molar-refractivity contribution in [1.82, 2.24) is 4.90 Å². The number of benzene rings is 1. The van der Waals surface area contributed by atoms with Crippen molar-refractivity contribution in [1.29, 1.82) is 0 Å². The lowest BCUT2D eigenvalue weighted by molar-refractivity contribution is -0.135. The number of rotatable bonds is 4. The number of hydrogen-bond donors (Lipinski definition) is 1. The van der Waals surface area contributed by atoms with Crippen LogP contribution in [0.15, 0.2) is 24.3 Å². The largest absolute Gasteiger partial charge is 0.399 e. The molecule has 1 heterocycles. The Morgan fingerprint density at radius 1 is 1.40 bits per heavy atom. The van der Waals surface area contributed by atoms with Gasteiger partial charge >= 0.3 is 0 Å². The molecule has 20 heavy (non-hydrogen) atoms. The van der Waals surface area contributed by atoms with Crippen molar-refractivity contribution in [3.63, 3.8) is 0 Å². The van der Waals surface area contributed by atoms with Crippen LogP contribution in [0.1, 0.15) is 39.2 Å². The van der Waals surface area contributed by atoms with E-state index in [2.05, 4.69) is 20.8 Å². The number of nitrogen functional groups attached to an aromatic ring is 1. The average Bonchev–Trinajstić information content (AvgIpc) is 2.85. The summed E-state index contributed by atoms with van der Waals surface area (Å²) in [4.78, 5) is 14.9. The van der Waals surface area contributed by atoms with Crippen LogP contribution in [0, 0.1) is 0 Å². The maximum absolute atomic E-state index is 12.9. The van der Waals surface area contributed by atoms with E-state index in [1.807, 2.05) is 29.2 Å². The van der Waals surface area contributed by atoms with Crippen molar-refractivity contribution >= 4 is 23.4 Å². The van der Waals surface area contributed by atoms with Crippen molar-refractivity contribution < 1.29 is 4.79 Å². The molecule has 0 aliphatic carbocycles. The van der Waals surface area contributed by atoms with E-state index in [0.717, 1.165) is 29.8 Å². The van der Waals surface area contributed by atoms with Crippen molar-refractivity contribution in [2.75, 3.05) is 11.5 Å². The Kier molecular flexibility index (Phi) is 4.63. The van der Waals surface area contributed by atoms with Crippen LogP contribution in [-0.4, -0.2) is 27.3 Å². The van der Waals surface area contributed by atoms with E-state index in [1.54, 1.807) is 11.8 Å². The van der Waals surface area contributed by atoms with Gasteiger partial charge < -0.3 is 10.6 Å². The Hall–Kier alpha value is -1.16. The van der Waals surface area contributed by atoms with E-state index in [-0.39, 0.29) is 16.7 Å². The standard InChI is InChI=1S/C16H24N2OS/c1-12(2)18(11-13-5-7-14(17)8-6-13)15(19)16(3)9-4-10-20-16/h5-8,12H,4,9-11,17H2,1-3H3. The van der Waals surface area contributed by atoms with Crippen LogP contribution < -0.4 is 5.73 Å². The molecule has 110 valence electrons. The van der Waals surface area contributed by atoms with Crippen LogP contribution in [0.25, 0.3) is 0 Å². The number of nitrogens with zero attached hydrogens (tertiary/aromatic N) is 1. The zero-order valence-corrected chi connectivity index (χ0v) is 13.4. The normalized spacial score (nSPS) is 22.2. The van der Waals surface area contributed by atoms with Gasteiger partial charge in [-0.25, -0.2) is 0 Å². The molecule has 1 aliphatic rings. The van der Waals surface area contributed by atoms with E-state index in [4.69, 9.17) is 5.73 Å². The molecule has 0 aromatic heterocycles. The van der Waals surface area contributed by atoms with Crippen LogP contribution in [0.3, 0.4) is 0 Å². The quantitative estimate of drug-likeness (QED) is 0.866. The number of nitrogens with two attached hydrogens (primary N) is 1. The molecule has 1 amide bonds. The third-order valence-corrected chi connectivity index (χ3v) is 5.40. The fourth-order valence-electron chi connectivity index (χ4n) is 2.56. The van der Waals surface area contributed by atoms with Gasteiger partial charge in [-0.15, -0.1) is 11.8 Å². The van der Waals surface area contributed by atoms with Crippen molar-refractivity contribution in [3.8, 4) is 0 Å². The molecule has 1 aliphatic heterocycles. The third kappa shape index (κ3) is 3.29. The highest BCUT2D eigenvalue weighted by Crippen LogP contribution is 2.39. The minimum Gasteiger partial charge on any atom is -0.399 e. The Morgan fingerprint density at radius 2 is 2.05 bits per heavy atom. The van der Waals surface area contributed by atoms with Gasteiger partial charge in [0.1, 0.15) is 0 Å². The number of amides is 1. The minimum absolute atomic E-state index is 0.207. The molecule has 0 spiro atoms. The van der Waals surface area contributed by atoms with Crippen molar-refractivity contribution in [3.05, 3.63) is 29.8 Å². The van der Waals surface area contributed by atoms with Gasteiger partial charge in [-0.1, -0.05) is 12.1 Å². The molecule has 1 aromatic rings. The average molecular weight is 292 g/mol. The molecular formula is C16H24N2OS. The number of carbonyl (C=O) groups excluding carboxylic acids is 1. The van der Waals surface area contributed by atoms with Crippen LogP contribution in [0.2, 0.25) is 0 Å². The molecule has 3 nitrogen and oxygen atoms in total. The van der Waals surface area contributed by atoms with Crippen LogP contribution in [0.5, 0.6) is 0 Å². The van der Waals surface area contributed by atoms with Gasteiger partial charge in [0, 0.05) is 18.3 Å². The van der Waals surface area contributed by atoms with Gasteiger partial charge in [0.15, 0.2) is 0 Å². The second kappa shape index (κ2) is 6.08. The zero-order chi connectivity index (χ0) is 14.8. The van der Waals surface area contributed by atoms with E-state index < -0.39 is 0 Å². The molecule has 0 radical (unpaired) electrons. The van der Waals surface area contributed by atoms with E-state index in [0.29, 0.717) is 6.54 Å². The minimum atomic E-state index is -0.238. The molecule has 1 atom stereocenters. The molecule has 1 unspecified atom stereocenters. The molecular weight excluding hydrogens is 268 g/mol. The predicted molar refractivity (Wildman–Crippen MR) is 86.6 cm³/mol. The maximum Gasteiger partial charge on any atom is 0.239 e. The SMILES string of the molecule is CC(C)N(Cc1ccc(N)cc1)C(=O)C1(C)CCCS1. The van der Waals surface area contributed by atoms with E-state index >= 15 is 0 Å². The van der Waals surface area contributed by atoms with Gasteiger partial charge in [0.2, 0.25) is 5.91 Å². The zero-order valence-electron chi connectivity index (χ0n) is 12.6. The van der Waals surface area contributed by atoms with E-state index in [1.165, 1.54) is 0 Å². The maximum atomic E-state index is 12.9. The first-order chi connectivity index (χ1) is 9.42. The summed E-state index contributed by atoms with van der Waals surface area (Å²) in [5.41, 5.74) is 7.60. The van der Waals surface area contributed by atoms with Crippen LogP contribution in [-0.2, 0) is 11.3 Å². The highest BCUT2D eigenvalue weighted by atomic mass is 32.2. The van der Waals surface area contributed by atoms with Crippen LogP contribution >= 0.6 is 11.8 Å². The highest BCUT2D eigenvalue weighted by molar-refractivity contribution is 8.01. The number of thioether (sulfide) groups is 1. The molecule has 1 fully saturated rings. The molecule has 4 heteroatoms. The molecule has 0 saturated carbocycles. The number of anilines is 1. The molecule has 2 rings (SSSR count).